The first-order valence-electron chi connectivity index (χ1n) is 6.51. The van der Waals surface area contributed by atoms with Gasteiger partial charge in [-0.25, -0.2) is 0 Å². The van der Waals surface area contributed by atoms with Crippen LogP contribution in [0.15, 0.2) is 24.5 Å². The Kier molecular flexibility index (Phi) is 4.48. The predicted molar refractivity (Wildman–Crippen MR) is 71.0 cm³/mol. The van der Waals surface area contributed by atoms with E-state index in [2.05, 4.69) is 22.9 Å². The van der Waals surface area contributed by atoms with Crippen LogP contribution in [0.5, 0.6) is 0 Å². The maximum atomic E-state index is 11.6. The minimum absolute atomic E-state index is 0.0157. The zero-order valence-corrected chi connectivity index (χ0v) is 11.1. The summed E-state index contributed by atoms with van der Waals surface area (Å²) < 4.78 is 0. The Hall–Kier alpha value is -1.93. The SMILES string of the molecule is CC(c1cccnc1)N1CCN(C(=O)CC#N)CC1. The van der Waals surface area contributed by atoms with Crippen LogP contribution in [-0.4, -0.2) is 46.9 Å². The summed E-state index contributed by atoms with van der Waals surface area (Å²) in [4.78, 5) is 19.9. The van der Waals surface area contributed by atoms with Crippen LogP contribution in [0.2, 0.25) is 0 Å². The van der Waals surface area contributed by atoms with Crippen molar-refractivity contribution in [3.05, 3.63) is 30.1 Å². The molecule has 100 valence electrons. The monoisotopic (exact) mass is 258 g/mol. The quantitative estimate of drug-likeness (QED) is 0.817. The fourth-order valence-corrected chi connectivity index (χ4v) is 2.37. The van der Waals surface area contributed by atoms with E-state index in [9.17, 15) is 4.79 Å². The third-order valence-corrected chi connectivity index (χ3v) is 3.61. The molecule has 0 saturated carbocycles. The average molecular weight is 258 g/mol. The van der Waals surface area contributed by atoms with Crippen molar-refractivity contribution in [1.29, 1.82) is 5.26 Å². The summed E-state index contributed by atoms with van der Waals surface area (Å²) in [5.74, 6) is -0.0591. The van der Waals surface area contributed by atoms with Crippen molar-refractivity contribution in [3.63, 3.8) is 0 Å². The highest BCUT2D eigenvalue weighted by Crippen LogP contribution is 2.20. The highest BCUT2D eigenvalue weighted by molar-refractivity contribution is 5.78. The standard InChI is InChI=1S/C14H18N4O/c1-12(13-3-2-6-16-11-13)17-7-9-18(10-8-17)14(19)4-5-15/h2-3,6,11-12H,4,7-10H2,1H3. The van der Waals surface area contributed by atoms with E-state index in [-0.39, 0.29) is 12.3 Å². The molecule has 0 bridgehead atoms. The molecule has 0 spiro atoms. The van der Waals surface area contributed by atoms with Gasteiger partial charge in [0.2, 0.25) is 5.91 Å². The summed E-state index contributed by atoms with van der Waals surface area (Å²) in [6.07, 6.45) is 3.64. The van der Waals surface area contributed by atoms with Gasteiger partial charge in [-0.2, -0.15) is 5.26 Å². The van der Waals surface area contributed by atoms with Crippen molar-refractivity contribution in [1.82, 2.24) is 14.8 Å². The van der Waals surface area contributed by atoms with E-state index in [1.165, 1.54) is 5.56 Å². The summed E-state index contributed by atoms with van der Waals surface area (Å²) in [7, 11) is 0. The predicted octanol–water partition coefficient (Wildman–Crippen LogP) is 1.20. The first kappa shape index (κ1) is 13.5. The molecular formula is C14H18N4O. The minimum atomic E-state index is -0.0591. The van der Waals surface area contributed by atoms with Crippen LogP contribution in [0.25, 0.3) is 0 Å². The summed E-state index contributed by atoms with van der Waals surface area (Å²) in [5, 5.41) is 8.54. The van der Waals surface area contributed by atoms with Gasteiger partial charge in [0, 0.05) is 44.6 Å². The fraction of sp³-hybridized carbons (Fsp3) is 0.500. The van der Waals surface area contributed by atoms with Crippen molar-refractivity contribution in [2.45, 2.75) is 19.4 Å². The van der Waals surface area contributed by atoms with Crippen LogP contribution < -0.4 is 0 Å². The Morgan fingerprint density at radius 1 is 1.47 bits per heavy atom. The second kappa shape index (κ2) is 6.30. The number of carbonyl (C=O) groups is 1. The molecule has 0 aliphatic carbocycles. The van der Waals surface area contributed by atoms with Gasteiger partial charge in [-0.3, -0.25) is 14.7 Å². The molecule has 1 aliphatic rings. The molecule has 0 aromatic carbocycles. The smallest absolute Gasteiger partial charge is 0.236 e. The number of carbonyl (C=O) groups excluding carboxylic acids is 1. The molecule has 2 heterocycles. The largest absolute Gasteiger partial charge is 0.339 e. The lowest BCUT2D eigenvalue weighted by Gasteiger charge is -2.37. The average Bonchev–Trinajstić information content (AvgIpc) is 2.48. The molecule has 5 heteroatoms. The summed E-state index contributed by atoms with van der Waals surface area (Å²) in [5.41, 5.74) is 1.19. The lowest BCUT2D eigenvalue weighted by atomic mass is 10.1. The van der Waals surface area contributed by atoms with E-state index in [0.29, 0.717) is 19.1 Å². The van der Waals surface area contributed by atoms with Gasteiger partial charge >= 0.3 is 0 Å². The topological polar surface area (TPSA) is 60.2 Å². The minimum Gasteiger partial charge on any atom is -0.339 e. The zero-order valence-electron chi connectivity index (χ0n) is 11.1. The van der Waals surface area contributed by atoms with E-state index in [4.69, 9.17) is 5.26 Å². The summed E-state index contributed by atoms with van der Waals surface area (Å²) >= 11 is 0. The van der Waals surface area contributed by atoms with Crippen molar-refractivity contribution < 1.29 is 4.79 Å². The molecule has 5 nitrogen and oxygen atoms in total. The maximum Gasteiger partial charge on any atom is 0.236 e. The molecule has 0 radical (unpaired) electrons. The number of nitriles is 1. The van der Waals surface area contributed by atoms with Crippen LogP contribution in [-0.2, 0) is 4.79 Å². The number of amides is 1. The Balaban J connectivity index is 1.90. The Morgan fingerprint density at radius 3 is 2.79 bits per heavy atom. The molecular weight excluding hydrogens is 240 g/mol. The number of hydrogen-bond acceptors (Lipinski definition) is 4. The second-order valence-corrected chi connectivity index (χ2v) is 4.71. The molecule has 0 N–H and O–H groups in total. The van der Waals surface area contributed by atoms with Crippen molar-refractivity contribution >= 4 is 5.91 Å². The van der Waals surface area contributed by atoms with Crippen LogP contribution in [0, 0.1) is 11.3 Å². The Labute approximate surface area is 113 Å². The van der Waals surface area contributed by atoms with Crippen molar-refractivity contribution in [2.75, 3.05) is 26.2 Å². The van der Waals surface area contributed by atoms with Gasteiger partial charge in [0.15, 0.2) is 0 Å². The van der Waals surface area contributed by atoms with E-state index in [1.54, 1.807) is 11.1 Å². The third kappa shape index (κ3) is 3.30. The van der Waals surface area contributed by atoms with Crippen LogP contribution in [0.1, 0.15) is 24.9 Å². The Morgan fingerprint density at radius 2 is 2.21 bits per heavy atom. The molecule has 1 atom stereocenters. The zero-order chi connectivity index (χ0) is 13.7. The van der Waals surface area contributed by atoms with Gasteiger partial charge < -0.3 is 4.90 Å². The highest BCUT2D eigenvalue weighted by Gasteiger charge is 2.24. The maximum absolute atomic E-state index is 11.6. The summed E-state index contributed by atoms with van der Waals surface area (Å²) in [6.45, 7) is 5.24. The first-order chi connectivity index (χ1) is 9.22. The Bertz CT molecular complexity index is 460. The number of pyridine rings is 1. The fourth-order valence-electron chi connectivity index (χ4n) is 2.37. The van der Waals surface area contributed by atoms with E-state index in [1.807, 2.05) is 18.3 Å². The molecule has 2 rings (SSSR count). The molecule has 1 fully saturated rings. The van der Waals surface area contributed by atoms with Gasteiger partial charge in [0.25, 0.3) is 0 Å². The van der Waals surface area contributed by atoms with Crippen molar-refractivity contribution in [2.24, 2.45) is 0 Å². The molecule has 1 saturated heterocycles. The highest BCUT2D eigenvalue weighted by atomic mass is 16.2. The van der Waals surface area contributed by atoms with Gasteiger partial charge in [0.05, 0.1) is 6.07 Å². The first-order valence-corrected chi connectivity index (χ1v) is 6.51. The van der Waals surface area contributed by atoms with Gasteiger partial charge in [-0.05, 0) is 18.6 Å². The van der Waals surface area contributed by atoms with E-state index >= 15 is 0 Å². The normalized spacial score (nSPS) is 17.8. The number of nitrogens with zero attached hydrogens (tertiary/aromatic N) is 4. The molecule has 1 amide bonds. The van der Waals surface area contributed by atoms with Crippen LogP contribution in [0.4, 0.5) is 0 Å². The molecule has 1 aromatic rings. The van der Waals surface area contributed by atoms with E-state index in [0.717, 1.165) is 13.1 Å². The molecule has 1 aromatic heterocycles. The molecule has 1 unspecified atom stereocenters. The second-order valence-electron chi connectivity index (χ2n) is 4.71. The molecule has 1 aliphatic heterocycles. The van der Waals surface area contributed by atoms with Gasteiger partial charge in [-0.15, -0.1) is 0 Å². The number of rotatable bonds is 3. The van der Waals surface area contributed by atoms with Gasteiger partial charge in [-0.1, -0.05) is 6.07 Å². The lowest BCUT2D eigenvalue weighted by molar-refractivity contribution is -0.132. The van der Waals surface area contributed by atoms with Gasteiger partial charge in [0.1, 0.15) is 6.42 Å². The number of piperazine rings is 1. The molecule has 19 heavy (non-hydrogen) atoms. The number of hydrogen-bond donors (Lipinski definition) is 0. The lowest BCUT2D eigenvalue weighted by Crippen LogP contribution is -2.49. The van der Waals surface area contributed by atoms with Crippen LogP contribution >= 0.6 is 0 Å². The van der Waals surface area contributed by atoms with E-state index < -0.39 is 0 Å². The summed E-state index contributed by atoms with van der Waals surface area (Å²) in [6, 6.07) is 6.24. The van der Waals surface area contributed by atoms with Crippen LogP contribution in [0.3, 0.4) is 0 Å². The number of aromatic nitrogens is 1. The van der Waals surface area contributed by atoms with Crippen molar-refractivity contribution in [3.8, 4) is 6.07 Å². The third-order valence-electron chi connectivity index (χ3n) is 3.61.